The number of ketones is 4. The fourth-order valence-corrected chi connectivity index (χ4v) is 5.21. The van der Waals surface area contributed by atoms with Gasteiger partial charge in [-0.25, -0.2) is 0 Å². The molecule has 0 saturated carbocycles. The molecular weight excluding hydrogens is 944 g/mol. The summed E-state index contributed by atoms with van der Waals surface area (Å²) in [7, 11) is 0. The summed E-state index contributed by atoms with van der Waals surface area (Å²) < 4.78 is 42.9. The van der Waals surface area contributed by atoms with Gasteiger partial charge in [0.1, 0.15) is 23.1 Å². The third kappa shape index (κ3) is 43.5. The number of carboxylic acids is 4. The minimum Gasteiger partial charge on any atom is -0.549 e. The number of ether oxygens (including phenoxy) is 8. The summed E-state index contributed by atoms with van der Waals surface area (Å²) in [6, 6.07) is 0. The molecule has 0 aliphatic carbocycles. The molecule has 0 aromatic carbocycles. The minimum atomic E-state index is -1.37. The normalized spacial score (nSPS) is 12.5. The molecule has 20 nitrogen and oxygen atoms in total. The van der Waals surface area contributed by atoms with E-state index in [2.05, 4.69) is 0 Å². The van der Waals surface area contributed by atoms with Crippen LogP contribution in [0.5, 0.6) is 0 Å². The first-order chi connectivity index (χ1) is 32.1. The van der Waals surface area contributed by atoms with E-state index in [9.17, 15) is 58.8 Å². The van der Waals surface area contributed by atoms with E-state index >= 15 is 0 Å². The maximum Gasteiger partial charge on any atom is 4.00 e. The third-order valence-electron chi connectivity index (χ3n) is 8.88. The molecule has 0 radical (unpaired) electrons. The van der Waals surface area contributed by atoms with Crippen LogP contribution < -0.4 is 20.4 Å². The average molecular weight is 1030 g/mol. The third-order valence-corrected chi connectivity index (χ3v) is 8.88. The minimum absolute atomic E-state index is 0. The molecule has 400 valence electrons. The first-order valence-corrected chi connectivity index (χ1v) is 23.9. The van der Waals surface area contributed by atoms with Crippen molar-refractivity contribution in [2.75, 3.05) is 52.9 Å². The number of carbonyl (C=O) groups is 8. The molecule has 4 atom stereocenters. The molecule has 21 heteroatoms. The van der Waals surface area contributed by atoms with Gasteiger partial charge in [-0.15, -0.1) is 0 Å². The van der Waals surface area contributed by atoms with Crippen molar-refractivity contribution in [3.63, 3.8) is 0 Å². The van der Waals surface area contributed by atoms with Gasteiger partial charge in [0, 0.05) is 78.5 Å². The molecule has 69 heavy (non-hydrogen) atoms. The Balaban J connectivity index is -0.000000263. The van der Waals surface area contributed by atoms with Gasteiger partial charge in [-0.2, -0.15) is 0 Å². The van der Waals surface area contributed by atoms with Gasteiger partial charge in [0.15, 0.2) is 25.2 Å². The second-order valence-electron chi connectivity index (χ2n) is 15.6. The summed E-state index contributed by atoms with van der Waals surface area (Å²) in [4.78, 5) is 87.7. The van der Waals surface area contributed by atoms with E-state index in [1.165, 1.54) is 27.7 Å². The zero-order valence-electron chi connectivity index (χ0n) is 43.4. The van der Waals surface area contributed by atoms with Gasteiger partial charge in [0.2, 0.25) is 0 Å². The quantitative estimate of drug-likeness (QED) is 0.0482. The predicted molar refractivity (Wildman–Crippen MR) is 240 cm³/mol. The van der Waals surface area contributed by atoms with Crippen molar-refractivity contribution in [2.45, 2.75) is 185 Å². The topological polar surface area (TPSA) is 303 Å². The SMILES string of the molecule is CCCOC(CC(C(C)=O)C(=O)[O-])OCCC.CCCOC(CC(C(C)=O)C(=O)[O-])OCCC.CCCOC(CC(C(C)=O)C(=O)[O-])OCCC.CCCOC(CC(C(C)=O)C(=O)[O-])OCCC.[Ti+4]. The maximum absolute atomic E-state index is 11.1. The van der Waals surface area contributed by atoms with Gasteiger partial charge in [0.25, 0.3) is 0 Å². The molecule has 0 spiro atoms. The number of carboxylic acid groups (broad SMARTS) is 4. The molecule has 0 aliphatic heterocycles. The zero-order chi connectivity index (χ0) is 53.0. The fraction of sp³-hybridized carbons (Fsp3) is 0.833. The summed E-state index contributed by atoms with van der Waals surface area (Å²) in [5, 5.41) is 43.1. The van der Waals surface area contributed by atoms with E-state index in [0.29, 0.717) is 52.9 Å². The molecule has 0 rings (SSSR count). The molecule has 4 unspecified atom stereocenters. The van der Waals surface area contributed by atoms with Gasteiger partial charge >= 0.3 is 21.7 Å². The van der Waals surface area contributed by atoms with Crippen molar-refractivity contribution in [1.29, 1.82) is 0 Å². The second kappa shape index (κ2) is 49.9. The van der Waals surface area contributed by atoms with Crippen LogP contribution in [0.1, 0.15) is 160 Å². The monoisotopic (exact) mass is 1030 g/mol. The first kappa shape index (κ1) is 74.9. The Morgan fingerprint density at radius 1 is 0.290 bits per heavy atom. The standard InChI is InChI=1S/4C12H22O5.Ti/c4*1-4-6-16-11(17-7-5-2)8-10(9(3)13)12(14)15;/h4*10-11H,4-8H2,1-3H3,(H,14,15);/q;;;;+4/p-4. The molecule has 0 amide bonds. The van der Waals surface area contributed by atoms with Crippen molar-refractivity contribution in [2.24, 2.45) is 23.7 Å². The Morgan fingerprint density at radius 3 is 0.478 bits per heavy atom. The Labute approximate surface area is 425 Å². The molecule has 0 N–H and O–H groups in total. The summed E-state index contributed by atoms with van der Waals surface area (Å²) >= 11 is 0. The van der Waals surface area contributed by atoms with E-state index < -0.39 is 95.8 Å². The van der Waals surface area contributed by atoms with Crippen molar-refractivity contribution in [1.82, 2.24) is 0 Å². The Kier molecular flexibility index (Phi) is 54.2. The second-order valence-corrected chi connectivity index (χ2v) is 15.6. The van der Waals surface area contributed by atoms with Gasteiger partial charge in [-0.3, -0.25) is 19.2 Å². The number of hydrogen-bond acceptors (Lipinski definition) is 20. The van der Waals surface area contributed by atoms with Crippen LogP contribution >= 0.6 is 0 Å². The number of Topliss-reactive ketones (excluding diaryl/α,β-unsaturated/α-hetero) is 4. The molecule has 0 aliphatic rings. The summed E-state index contributed by atoms with van der Waals surface area (Å²) in [5.74, 6) is -11.9. The molecule has 0 aromatic heterocycles. The molecular formula is C48H84O20Ti. The van der Waals surface area contributed by atoms with Crippen LogP contribution in [0.15, 0.2) is 0 Å². The van der Waals surface area contributed by atoms with Crippen LogP contribution in [0.3, 0.4) is 0 Å². The summed E-state index contributed by atoms with van der Waals surface area (Å²) in [6.45, 7) is 24.3. The summed E-state index contributed by atoms with van der Waals surface area (Å²) in [5.41, 5.74) is 0. The fourth-order valence-electron chi connectivity index (χ4n) is 5.21. The van der Waals surface area contributed by atoms with Gasteiger partial charge in [-0.1, -0.05) is 55.4 Å². The van der Waals surface area contributed by atoms with Crippen molar-refractivity contribution < 1.29 is 118 Å². The van der Waals surface area contributed by atoms with Crippen LogP contribution in [-0.2, 0) is 98.0 Å². The van der Waals surface area contributed by atoms with Crippen molar-refractivity contribution in [3.05, 3.63) is 0 Å². The summed E-state index contributed by atoms with van der Waals surface area (Å²) in [6.07, 6.45) is 3.90. The molecule has 0 fully saturated rings. The van der Waals surface area contributed by atoms with Gasteiger partial charge in [-0.05, 0) is 79.1 Å². The van der Waals surface area contributed by atoms with E-state index in [-0.39, 0.29) is 47.4 Å². The molecule has 0 heterocycles. The van der Waals surface area contributed by atoms with Crippen LogP contribution in [0, 0.1) is 23.7 Å². The smallest absolute Gasteiger partial charge is 0.549 e. The van der Waals surface area contributed by atoms with Gasteiger partial charge < -0.3 is 77.5 Å². The van der Waals surface area contributed by atoms with E-state index in [1.807, 2.05) is 55.4 Å². The van der Waals surface area contributed by atoms with E-state index in [0.717, 1.165) is 51.4 Å². The van der Waals surface area contributed by atoms with Gasteiger partial charge in [0.05, 0.1) is 47.5 Å². The Bertz CT molecular complexity index is 1080. The number of hydrogen-bond donors (Lipinski definition) is 0. The van der Waals surface area contributed by atoms with E-state index in [4.69, 9.17) is 37.9 Å². The van der Waals surface area contributed by atoms with E-state index in [1.54, 1.807) is 0 Å². The van der Waals surface area contributed by atoms with Crippen LogP contribution in [0.4, 0.5) is 0 Å². The van der Waals surface area contributed by atoms with Crippen LogP contribution in [0.25, 0.3) is 0 Å². The molecule has 0 aromatic rings. The van der Waals surface area contributed by atoms with Crippen LogP contribution in [0.2, 0.25) is 0 Å². The van der Waals surface area contributed by atoms with Crippen LogP contribution in [-0.4, -0.2) is 125 Å². The molecule has 0 bridgehead atoms. The largest absolute Gasteiger partial charge is 4.00 e. The number of rotatable bonds is 40. The predicted octanol–water partition coefficient (Wildman–Crippen LogP) is 2.04. The van der Waals surface area contributed by atoms with Crippen molar-refractivity contribution in [3.8, 4) is 0 Å². The Morgan fingerprint density at radius 2 is 0.406 bits per heavy atom. The number of carbonyl (C=O) groups excluding carboxylic acids is 8. The molecule has 0 saturated heterocycles. The maximum atomic E-state index is 11.1. The number of aliphatic carboxylic acids is 4. The first-order valence-electron chi connectivity index (χ1n) is 23.9. The Hall–Kier alpha value is -3.05. The average Bonchev–Trinajstić information content (AvgIpc) is 3.27. The zero-order valence-corrected chi connectivity index (χ0v) is 45.0. The van der Waals surface area contributed by atoms with Crippen molar-refractivity contribution >= 4 is 47.0 Å².